The molecular formula is C26H34N4O6. The van der Waals surface area contributed by atoms with E-state index >= 15 is 0 Å². The number of pyridine rings is 1. The maximum absolute atomic E-state index is 13.1. The molecule has 0 radical (unpaired) electrons. The summed E-state index contributed by atoms with van der Waals surface area (Å²) in [5.74, 6) is 0.203. The third-order valence-electron chi connectivity index (χ3n) is 5.85. The molecule has 2 heterocycles. The van der Waals surface area contributed by atoms with Gasteiger partial charge < -0.3 is 29.7 Å². The molecule has 0 unspecified atom stereocenters. The fourth-order valence-electron chi connectivity index (χ4n) is 4.15. The lowest BCUT2D eigenvalue weighted by atomic mass is 10.00. The second kappa shape index (κ2) is 12.3. The monoisotopic (exact) mass is 498 g/mol. The van der Waals surface area contributed by atoms with Gasteiger partial charge in [0, 0.05) is 50.3 Å². The summed E-state index contributed by atoms with van der Waals surface area (Å²) in [7, 11) is 4.53. The summed E-state index contributed by atoms with van der Waals surface area (Å²) in [5.41, 5.74) is 2.39. The Balaban J connectivity index is 2.13. The summed E-state index contributed by atoms with van der Waals surface area (Å²) < 4.78 is 16.3. The number of methoxy groups -OCH3 is 3. The van der Waals surface area contributed by atoms with Gasteiger partial charge >= 0.3 is 0 Å². The van der Waals surface area contributed by atoms with Crippen LogP contribution in [0.4, 0.5) is 0 Å². The average molecular weight is 499 g/mol. The number of ether oxygens (including phenoxy) is 3. The molecule has 0 aliphatic carbocycles. The van der Waals surface area contributed by atoms with E-state index in [0.29, 0.717) is 34.6 Å². The first-order chi connectivity index (χ1) is 17.3. The van der Waals surface area contributed by atoms with E-state index < -0.39 is 11.9 Å². The van der Waals surface area contributed by atoms with Gasteiger partial charge in [-0.2, -0.15) is 0 Å². The number of aromatic nitrogens is 1. The summed E-state index contributed by atoms with van der Waals surface area (Å²) in [5, 5.41) is 5.70. The van der Waals surface area contributed by atoms with E-state index in [-0.39, 0.29) is 44.0 Å². The predicted molar refractivity (Wildman–Crippen MR) is 134 cm³/mol. The molecule has 0 fully saturated rings. The Morgan fingerprint density at radius 2 is 1.86 bits per heavy atom. The normalized spacial score (nSPS) is 16.5. The van der Waals surface area contributed by atoms with Crippen LogP contribution < -0.4 is 20.1 Å². The molecule has 1 aliphatic heterocycles. The highest BCUT2D eigenvalue weighted by Gasteiger charge is 2.25. The standard InChI is InChI=1S/C26H34N4O6/c1-16(2)8-21-26(33)28-6-7-30(23(31)15-34-3)14-17-9-20(24(36-5)22(10-17)35-4)18-11-19(13-27-12-18)25(32)29-21/h9-13,16,21H,6-8,14-15H2,1-5H3,(H,28,33)(H,29,32)/t21-/m1/s1. The SMILES string of the molecule is COCC(=O)N1CCNC(=O)[C@@H](CC(C)C)NC(=O)c2cncc(c2)-c2cc(cc(OC)c2OC)C1. The number of carbonyl (C=O) groups is 3. The van der Waals surface area contributed by atoms with E-state index in [9.17, 15) is 14.4 Å². The molecule has 1 aromatic heterocycles. The number of hydrogen-bond acceptors (Lipinski definition) is 7. The molecule has 194 valence electrons. The number of benzene rings is 1. The molecule has 3 rings (SSSR count). The third-order valence-corrected chi connectivity index (χ3v) is 5.85. The largest absolute Gasteiger partial charge is 0.493 e. The van der Waals surface area contributed by atoms with Crippen LogP contribution in [-0.2, 0) is 20.9 Å². The maximum Gasteiger partial charge on any atom is 0.253 e. The summed E-state index contributed by atoms with van der Waals surface area (Å²) in [6, 6.07) is 4.65. The van der Waals surface area contributed by atoms with Gasteiger partial charge in [0.15, 0.2) is 11.5 Å². The van der Waals surface area contributed by atoms with Crippen LogP contribution in [-0.4, -0.2) is 74.7 Å². The van der Waals surface area contributed by atoms with Gasteiger partial charge in [-0.15, -0.1) is 0 Å². The van der Waals surface area contributed by atoms with Crippen molar-refractivity contribution in [3.63, 3.8) is 0 Å². The fraction of sp³-hybridized carbons (Fsp3) is 0.462. The van der Waals surface area contributed by atoms with Crippen molar-refractivity contribution >= 4 is 17.7 Å². The van der Waals surface area contributed by atoms with Gasteiger partial charge in [0.1, 0.15) is 12.6 Å². The second-order valence-corrected chi connectivity index (χ2v) is 9.04. The maximum atomic E-state index is 13.1. The minimum Gasteiger partial charge on any atom is -0.493 e. The van der Waals surface area contributed by atoms with Crippen LogP contribution in [0.2, 0.25) is 0 Å². The van der Waals surface area contributed by atoms with Gasteiger partial charge in [-0.05, 0) is 36.1 Å². The zero-order valence-corrected chi connectivity index (χ0v) is 21.4. The van der Waals surface area contributed by atoms with E-state index in [2.05, 4.69) is 15.6 Å². The quantitative estimate of drug-likeness (QED) is 0.625. The highest BCUT2D eigenvalue weighted by atomic mass is 16.5. The first-order valence-corrected chi connectivity index (χ1v) is 11.8. The molecule has 1 aliphatic rings. The van der Waals surface area contributed by atoms with Crippen molar-refractivity contribution in [2.75, 3.05) is 41.0 Å². The van der Waals surface area contributed by atoms with Gasteiger partial charge in [0.25, 0.3) is 5.91 Å². The Kier molecular flexibility index (Phi) is 9.24. The second-order valence-electron chi connectivity index (χ2n) is 9.04. The topological polar surface area (TPSA) is 119 Å². The molecule has 0 spiro atoms. The van der Waals surface area contributed by atoms with Crippen molar-refractivity contribution in [3.05, 3.63) is 41.7 Å². The Morgan fingerprint density at radius 3 is 2.53 bits per heavy atom. The third kappa shape index (κ3) is 6.51. The zero-order valence-electron chi connectivity index (χ0n) is 21.4. The van der Waals surface area contributed by atoms with Gasteiger partial charge in [-0.3, -0.25) is 19.4 Å². The van der Waals surface area contributed by atoms with Crippen molar-refractivity contribution < 1.29 is 28.6 Å². The summed E-state index contributed by atoms with van der Waals surface area (Å²) in [6.07, 6.45) is 3.55. The van der Waals surface area contributed by atoms with Gasteiger partial charge in [-0.25, -0.2) is 0 Å². The first-order valence-electron chi connectivity index (χ1n) is 11.8. The molecule has 0 saturated heterocycles. The molecule has 10 heteroatoms. The number of nitrogens with zero attached hydrogens (tertiary/aromatic N) is 2. The van der Waals surface area contributed by atoms with Crippen LogP contribution in [0.15, 0.2) is 30.6 Å². The Morgan fingerprint density at radius 1 is 1.11 bits per heavy atom. The van der Waals surface area contributed by atoms with Crippen LogP contribution in [0.5, 0.6) is 11.5 Å². The Hall–Kier alpha value is -3.66. The summed E-state index contributed by atoms with van der Waals surface area (Å²) >= 11 is 0. The molecule has 2 N–H and O–H groups in total. The molecule has 0 saturated carbocycles. The number of hydrogen-bond donors (Lipinski definition) is 2. The molecule has 1 atom stereocenters. The first kappa shape index (κ1) is 26.9. The van der Waals surface area contributed by atoms with Gasteiger partial charge in [0.05, 0.1) is 19.8 Å². The van der Waals surface area contributed by atoms with Crippen LogP contribution in [0.1, 0.15) is 36.2 Å². The minimum atomic E-state index is -0.731. The lowest BCUT2D eigenvalue weighted by molar-refractivity contribution is -0.136. The lowest BCUT2D eigenvalue weighted by Gasteiger charge is -2.25. The number of amides is 3. The Labute approximate surface area is 211 Å². The molecule has 10 nitrogen and oxygen atoms in total. The van der Waals surface area contributed by atoms with Crippen molar-refractivity contribution in [3.8, 4) is 22.6 Å². The predicted octanol–water partition coefficient (Wildman–Crippen LogP) is 2.02. The van der Waals surface area contributed by atoms with E-state index in [1.165, 1.54) is 27.5 Å². The fourth-order valence-corrected chi connectivity index (χ4v) is 4.15. The van der Waals surface area contributed by atoms with E-state index in [0.717, 1.165) is 5.56 Å². The van der Waals surface area contributed by atoms with E-state index in [4.69, 9.17) is 14.2 Å². The van der Waals surface area contributed by atoms with Crippen molar-refractivity contribution in [2.24, 2.45) is 5.92 Å². The minimum absolute atomic E-state index is 0.0912. The number of fused-ring (bicyclic) bond motifs is 5. The van der Waals surface area contributed by atoms with Crippen LogP contribution in [0.3, 0.4) is 0 Å². The molecule has 4 bridgehead atoms. The molecule has 2 aromatic rings. The highest BCUT2D eigenvalue weighted by Crippen LogP contribution is 2.39. The molecule has 1 aromatic carbocycles. The Bertz CT molecular complexity index is 1100. The van der Waals surface area contributed by atoms with Crippen molar-refractivity contribution in [1.29, 1.82) is 0 Å². The number of carbonyl (C=O) groups excluding carboxylic acids is 3. The summed E-state index contributed by atoms with van der Waals surface area (Å²) in [4.78, 5) is 44.8. The summed E-state index contributed by atoms with van der Waals surface area (Å²) in [6.45, 7) is 4.60. The zero-order chi connectivity index (χ0) is 26.2. The molecular weight excluding hydrogens is 464 g/mol. The van der Waals surface area contributed by atoms with E-state index in [1.807, 2.05) is 19.9 Å². The van der Waals surface area contributed by atoms with Crippen LogP contribution in [0.25, 0.3) is 11.1 Å². The van der Waals surface area contributed by atoms with Crippen molar-refractivity contribution in [2.45, 2.75) is 32.9 Å². The van der Waals surface area contributed by atoms with E-state index in [1.54, 1.807) is 23.2 Å². The van der Waals surface area contributed by atoms with Gasteiger partial charge in [-0.1, -0.05) is 13.8 Å². The molecule has 36 heavy (non-hydrogen) atoms. The van der Waals surface area contributed by atoms with Crippen LogP contribution >= 0.6 is 0 Å². The van der Waals surface area contributed by atoms with Crippen molar-refractivity contribution in [1.82, 2.24) is 20.5 Å². The van der Waals surface area contributed by atoms with Crippen LogP contribution in [0, 0.1) is 5.92 Å². The van der Waals surface area contributed by atoms with Gasteiger partial charge in [0.2, 0.25) is 11.8 Å². The molecule has 3 amide bonds. The highest BCUT2D eigenvalue weighted by molar-refractivity contribution is 5.98. The number of rotatable bonds is 6. The average Bonchev–Trinajstić information content (AvgIpc) is 2.86. The number of nitrogens with one attached hydrogen (secondary N) is 2. The smallest absolute Gasteiger partial charge is 0.253 e. The lowest BCUT2D eigenvalue weighted by Crippen LogP contribution is -2.49.